The van der Waals surface area contributed by atoms with Crippen LogP contribution in [0.1, 0.15) is 31.9 Å². The molecular formula is C19H26N2O2S. The Kier molecular flexibility index (Phi) is 7.09. The predicted octanol–water partition coefficient (Wildman–Crippen LogP) is 2.85. The monoisotopic (exact) mass is 346 g/mol. The first-order chi connectivity index (χ1) is 11.5. The van der Waals surface area contributed by atoms with Crippen molar-refractivity contribution in [3.63, 3.8) is 0 Å². The largest absolute Gasteiger partial charge is 0.382 e. The molecule has 0 aliphatic heterocycles. The highest BCUT2D eigenvalue weighted by molar-refractivity contribution is 7.99. The summed E-state index contributed by atoms with van der Waals surface area (Å²) in [7, 11) is 0. The molecule has 4 N–H and O–H groups in total. The number of hydrogen-bond donors (Lipinski definition) is 3. The Balaban J connectivity index is 2.02. The van der Waals surface area contributed by atoms with Gasteiger partial charge in [0.05, 0.1) is 6.04 Å². The number of aliphatic hydroxyl groups excluding tert-OH is 1. The second kappa shape index (κ2) is 9.06. The van der Waals surface area contributed by atoms with Gasteiger partial charge >= 0.3 is 0 Å². The minimum Gasteiger partial charge on any atom is -0.382 e. The van der Waals surface area contributed by atoms with E-state index in [0.717, 1.165) is 27.8 Å². The SMILES string of the molecule is CCSCCC(N)C(O)C(=O)NC(C)c1cccc2ccccc12. The Bertz CT molecular complexity index is 672. The van der Waals surface area contributed by atoms with E-state index in [9.17, 15) is 9.90 Å². The van der Waals surface area contributed by atoms with Crippen LogP contribution >= 0.6 is 11.8 Å². The summed E-state index contributed by atoms with van der Waals surface area (Å²) >= 11 is 1.75. The van der Waals surface area contributed by atoms with Gasteiger partial charge in [-0.3, -0.25) is 4.79 Å². The lowest BCUT2D eigenvalue weighted by Crippen LogP contribution is -2.47. The number of rotatable bonds is 8. The van der Waals surface area contributed by atoms with Gasteiger partial charge in [0.15, 0.2) is 0 Å². The number of nitrogens with two attached hydrogens (primary N) is 1. The Labute approximate surface area is 147 Å². The Morgan fingerprint density at radius 2 is 1.96 bits per heavy atom. The van der Waals surface area contributed by atoms with Gasteiger partial charge in [0.25, 0.3) is 5.91 Å². The Morgan fingerprint density at radius 1 is 1.25 bits per heavy atom. The first-order valence-corrected chi connectivity index (χ1v) is 9.49. The molecule has 3 atom stereocenters. The van der Waals surface area contributed by atoms with E-state index in [4.69, 9.17) is 5.73 Å². The van der Waals surface area contributed by atoms with Crippen LogP contribution in [0.15, 0.2) is 42.5 Å². The van der Waals surface area contributed by atoms with Crippen molar-refractivity contribution in [1.82, 2.24) is 5.32 Å². The summed E-state index contributed by atoms with van der Waals surface area (Å²) in [6, 6.07) is 13.3. The molecule has 24 heavy (non-hydrogen) atoms. The lowest BCUT2D eigenvalue weighted by atomic mass is 9.99. The molecule has 130 valence electrons. The molecule has 4 nitrogen and oxygen atoms in total. The Morgan fingerprint density at radius 3 is 2.71 bits per heavy atom. The lowest BCUT2D eigenvalue weighted by molar-refractivity contribution is -0.131. The van der Waals surface area contributed by atoms with Gasteiger partial charge in [-0.25, -0.2) is 0 Å². The van der Waals surface area contributed by atoms with Crippen LogP contribution in [0.25, 0.3) is 10.8 Å². The molecular weight excluding hydrogens is 320 g/mol. The molecule has 1 amide bonds. The average Bonchev–Trinajstić information content (AvgIpc) is 2.60. The zero-order valence-electron chi connectivity index (χ0n) is 14.2. The van der Waals surface area contributed by atoms with E-state index < -0.39 is 18.1 Å². The van der Waals surface area contributed by atoms with Gasteiger partial charge in [0.2, 0.25) is 0 Å². The molecule has 5 heteroatoms. The summed E-state index contributed by atoms with van der Waals surface area (Å²) in [6.45, 7) is 4.00. The molecule has 0 aliphatic carbocycles. The van der Waals surface area contributed by atoms with E-state index in [1.807, 2.05) is 49.4 Å². The van der Waals surface area contributed by atoms with Crippen LogP contribution in [-0.2, 0) is 4.79 Å². The molecule has 2 aromatic carbocycles. The molecule has 0 spiro atoms. The van der Waals surface area contributed by atoms with Gasteiger partial charge in [0, 0.05) is 6.04 Å². The van der Waals surface area contributed by atoms with Crippen molar-refractivity contribution < 1.29 is 9.90 Å². The van der Waals surface area contributed by atoms with Crippen molar-refractivity contribution in [1.29, 1.82) is 0 Å². The van der Waals surface area contributed by atoms with Crippen LogP contribution < -0.4 is 11.1 Å². The van der Waals surface area contributed by atoms with Gasteiger partial charge in [-0.2, -0.15) is 11.8 Å². The highest BCUT2D eigenvalue weighted by Crippen LogP contribution is 2.24. The highest BCUT2D eigenvalue weighted by atomic mass is 32.2. The van der Waals surface area contributed by atoms with Crippen molar-refractivity contribution in [3.8, 4) is 0 Å². The average molecular weight is 346 g/mol. The summed E-state index contributed by atoms with van der Waals surface area (Å²) in [6.07, 6.45) is -0.560. The molecule has 0 heterocycles. The van der Waals surface area contributed by atoms with E-state index in [1.54, 1.807) is 11.8 Å². The minimum atomic E-state index is -1.18. The van der Waals surface area contributed by atoms with Crippen LogP contribution in [-0.4, -0.2) is 34.7 Å². The Hall–Kier alpha value is -1.56. The molecule has 3 unspecified atom stereocenters. The van der Waals surface area contributed by atoms with E-state index >= 15 is 0 Å². The zero-order valence-corrected chi connectivity index (χ0v) is 15.1. The van der Waals surface area contributed by atoms with Gasteiger partial charge in [-0.05, 0) is 41.2 Å². The van der Waals surface area contributed by atoms with E-state index in [2.05, 4.69) is 12.2 Å². The van der Waals surface area contributed by atoms with Crippen LogP contribution in [0.5, 0.6) is 0 Å². The van der Waals surface area contributed by atoms with E-state index in [0.29, 0.717) is 6.42 Å². The van der Waals surface area contributed by atoms with Crippen molar-refractivity contribution in [2.75, 3.05) is 11.5 Å². The summed E-state index contributed by atoms with van der Waals surface area (Å²) in [5.74, 6) is 1.44. The quantitative estimate of drug-likeness (QED) is 0.643. The van der Waals surface area contributed by atoms with Crippen LogP contribution in [0.3, 0.4) is 0 Å². The molecule has 2 aromatic rings. The molecule has 0 bridgehead atoms. The lowest BCUT2D eigenvalue weighted by Gasteiger charge is -2.22. The number of fused-ring (bicyclic) bond motifs is 1. The standard InChI is InChI=1S/C19H26N2O2S/c1-3-24-12-11-17(20)18(22)19(23)21-13(2)15-10-6-8-14-7-4-5-9-16(14)15/h4-10,13,17-18,22H,3,11-12,20H2,1-2H3,(H,21,23). The second-order valence-corrected chi connectivity index (χ2v) is 7.29. The molecule has 0 fully saturated rings. The van der Waals surface area contributed by atoms with Crippen LogP contribution in [0, 0.1) is 0 Å². The fourth-order valence-corrected chi connectivity index (χ4v) is 3.45. The van der Waals surface area contributed by atoms with Gasteiger partial charge in [0.1, 0.15) is 6.10 Å². The first-order valence-electron chi connectivity index (χ1n) is 8.34. The number of aliphatic hydroxyl groups is 1. The van der Waals surface area contributed by atoms with Crippen LogP contribution in [0.2, 0.25) is 0 Å². The van der Waals surface area contributed by atoms with Gasteiger partial charge in [-0.15, -0.1) is 0 Å². The predicted molar refractivity (Wildman–Crippen MR) is 102 cm³/mol. The zero-order chi connectivity index (χ0) is 17.5. The minimum absolute atomic E-state index is 0.199. The maximum Gasteiger partial charge on any atom is 0.250 e. The van der Waals surface area contributed by atoms with E-state index in [-0.39, 0.29) is 6.04 Å². The molecule has 0 saturated heterocycles. The number of carbonyl (C=O) groups is 1. The second-order valence-electron chi connectivity index (χ2n) is 5.89. The maximum atomic E-state index is 12.3. The van der Waals surface area contributed by atoms with Crippen molar-refractivity contribution in [3.05, 3.63) is 48.0 Å². The van der Waals surface area contributed by atoms with Gasteiger partial charge < -0.3 is 16.2 Å². The third-order valence-electron chi connectivity index (χ3n) is 4.12. The number of amides is 1. The molecule has 0 aromatic heterocycles. The van der Waals surface area contributed by atoms with Crippen molar-refractivity contribution >= 4 is 28.4 Å². The maximum absolute atomic E-state index is 12.3. The summed E-state index contributed by atoms with van der Waals surface area (Å²) < 4.78 is 0. The number of thioether (sulfide) groups is 1. The molecule has 0 radical (unpaired) electrons. The third-order valence-corrected chi connectivity index (χ3v) is 5.06. The summed E-state index contributed by atoms with van der Waals surface area (Å²) in [4.78, 5) is 12.3. The first kappa shape index (κ1) is 18.8. The fourth-order valence-electron chi connectivity index (χ4n) is 2.72. The highest BCUT2D eigenvalue weighted by Gasteiger charge is 2.24. The molecule has 2 rings (SSSR count). The van der Waals surface area contributed by atoms with Crippen LogP contribution in [0.4, 0.5) is 0 Å². The van der Waals surface area contributed by atoms with Crippen molar-refractivity contribution in [2.24, 2.45) is 5.73 Å². The van der Waals surface area contributed by atoms with Crippen molar-refractivity contribution in [2.45, 2.75) is 38.5 Å². The fraction of sp³-hybridized carbons (Fsp3) is 0.421. The third kappa shape index (κ3) is 4.72. The summed E-state index contributed by atoms with van der Waals surface area (Å²) in [5.41, 5.74) is 6.97. The summed E-state index contributed by atoms with van der Waals surface area (Å²) in [5, 5.41) is 15.3. The van der Waals surface area contributed by atoms with Gasteiger partial charge in [-0.1, -0.05) is 49.4 Å². The number of nitrogens with one attached hydrogen (secondary N) is 1. The normalized spacial score (nSPS) is 15.0. The molecule has 0 aliphatic rings. The number of hydrogen-bond acceptors (Lipinski definition) is 4. The topological polar surface area (TPSA) is 75.3 Å². The molecule has 0 saturated carbocycles. The number of carbonyl (C=O) groups excluding carboxylic acids is 1. The number of benzene rings is 2. The smallest absolute Gasteiger partial charge is 0.250 e. The van der Waals surface area contributed by atoms with E-state index in [1.165, 1.54) is 0 Å².